The van der Waals surface area contributed by atoms with E-state index in [1.54, 1.807) is 12.1 Å². The van der Waals surface area contributed by atoms with Crippen molar-refractivity contribution in [1.82, 2.24) is 5.32 Å². The molecule has 0 atom stereocenters. The first kappa shape index (κ1) is 21.7. The van der Waals surface area contributed by atoms with Crippen LogP contribution in [0.4, 0.5) is 10.1 Å². The Kier molecular flexibility index (Phi) is 8.26. The van der Waals surface area contributed by atoms with Gasteiger partial charge in [0, 0.05) is 37.9 Å². The minimum Gasteiger partial charge on any atom is -0.486 e. The summed E-state index contributed by atoms with van der Waals surface area (Å²) in [7, 11) is 0. The van der Waals surface area contributed by atoms with Gasteiger partial charge >= 0.3 is 0 Å². The second-order valence-corrected chi connectivity index (χ2v) is 7.45. The van der Waals surface area contributed by atoms with Gasteiger partial charge in [-0.3, -0.25) is 4.79 Å². The van der Waals surface area contributed by atoms with E-state index in [0.717, 1.165) is 37.4 Å². The van der Waals surface area contributed by atoms with Gasteiger partial charge < -0.3 is 19.7 Å². The number of carbonyl (C=O) groups is 1. The number of ether oxygens (including phenoxy) is 2. The molecule has 152 valence electrons. The minimum atomic E-state index is -0.318. The van der Waals surface area contributed by atoms with Crippen molar-refractivity contribution in [2.45, 2.75) is 33.0 Å². The first-order chi connectivity index (χ1) is 13.4. The summed E-state index contributed by atoms with van der Waals surface area (Å²) in [4.78, 5) is 11.8. The third-order valence-electron chi connectivity index (χ3n) is 4.04. The fraction of sp³-hybridized carbons (Fsp3) is 0.409. The maximum absolute atomic E-state index is 14.1. The highest BCUT2D eigenvalue weighted by molar-refractivity contribution is 5.50. The Hall–Kier alpha value is -2.60. The van der Waals surface area contributed by atoms with Crippen LogP contribution < -0.4 is 15.0 Å². The molecule has 0 amide bonds. The molecule has 2 aromatic carbocycles. The molecule has 5 nitrogen and oxygen atoms in total. The van der Waals surface area contributed by atoms with Crippen LogP contribution in [0.1, 0.15) is 26.3 Å². The first-order valence-electron chi connectivity index (χ1n) is 9.42. The van der Waals surface area contributed by atoms with Gasteiger partial charge in [-0.15, -0.1) is 0 Å². The van der Waals surface area contributed by atoms with Crippen molar-refractivity contribution in [1.29, 1.82) is 0 Å². The van der Waals surface area contributed by atoms with E-state index in [9.17, 15) is 9.18 Å². The fourth-order valence-corrected chi connectivity index (χ4v) is 2.61. The van der Waals surface area contributed by atoms with E-state index >= 15 is 0 Å². The van der Waals surface area contributed by atoms with E-state index in [4.69, 9.17) is 4.74 Å². The number of benzene rings is 2. The fourth-order valence-electron chi connectivity index (χ4n) is 2.61. The van der Waals surface area contributed by atoms with Crippen LogP contribution in [0.2, 0.25) is 0 Å². The second-order valence-electron chi connectivity index (χ2n) is 7.45. The Morgan fingerprint density at radius 2 is 1.79 bits per heavy atom. The summed E-state index contributed by atoms with van der Waals surface area (Å²) in [5.74, 6) is -0.000277. The molecule has 0 aromatic heterocycles. The molecule has 3 rings (SSSR count). The molecule has 0 saturated carbocycles. The standard InChI is InChI=1S/C17H19FN2O.C5H10O2/c18-16-12-15(20-10-8-19-9-11-20)6-7-17(16)21-13-14-4-2-1-3-5-14;1-5(2,3)7-4-6/h1-7,12,19H,8-11,13H2;4H,1-3H3. The normalized spacial score (nSPS) is 13.9. The van der Waals surface area contributed by atoms with Crippen molar-refractivity contribution in [2.24, 2.45) is 0 Å². The zero-order valence-electron chi connectivity index (χ0n) is 16.8. The monoisotopic (exact) mass is 388 g/mol. The predicted octanol–water partition coefficient (Wildman–Crippen LogP) is 3.77. The molecular weight excluding hydrogens is 359 g/mol. The maximum atomic E-state index is 14.1. The summed E-state index contributed by atoms with van der Waals surface area (Å²) >= 11 is 0. The van der Waals surface area contributed by atoms with E-state index in [2.05, 4.69) is 15.0 Å². The van der Waals surface area contributed by atoms with Crippen LogP contribution in [0, 0.1) is 5.82 Å². The zero-order valence-corrected chi connectivity index (χ0v) is 16.8. The molecule has 1 aliphatic rings. The van der Waals surface area contributed by atoms with Crippen molar-refractivity contribution in [3.63, 3.8) is 0 Å². The van der Waals surface area contributed by atoms with Crippen LogP contribution in [0.15, 0.2) is 48.5 Å². The van der Waals surface area contributed by atoms with Gasteiger partial charge in [-0.25, -0.2) is 4.39 Å². The van der Waals surface area contributed by atoms with Gasteiger partial charge in [-0.05, 0) is 38.5 Å². The number of piperazine rings is 1. The van der Waals surface area contributed by atoms with Crippen molar-refractivity contribution >= 4 is 12.2 Å². The highest BCUT2D eigenvalue weighted by atomic mass is 19.1. The third-order valence-corrected chi connectivity index (χ3v) is 4.04. The maximum Gasteiger partial charge on any atom is 0.293 e. The molecule has 1 saturated heterocycles. The van der Waals surface area contributed by atoms with Crippen molar-refractivity contribution in [2.75, 3.05) is 31.1 Å². The molecule has 0 unspecified atom stereocenters. The van der Waals surface area contributed by atoms with Crippen molar-refractivity contribution in [3.8, 4) is 5.75 Å². The Morgan fingerprint density at radius 1 is 1.11 bits per heavy atom. The van der Waals surface area contributed by atoms with Gasteiger partial charge in [-0.2, -0.15) is 0 Å². The topological polar surface area (TPSA) is 50.8 Å². The van der Waals surface area contributed by atoms with E-state index in [0.29, 0.717) is 18.8 Å². The quantitative estimate of drug-likeness (QED) is 0.790. The zero-order chi connectivity index (χ0) is 20.4. The van der Waals surface area contributed by atoms with E-state index in [-0.39, 0.29) is 11.4 Å². The number of carbonyl (C=O) groups excluding carboxylic acids is 1. The van der Waals surface area contributed by atoms with Crippen LogP contribution in [0.25, 0.3) is 0 Å². The molecule has 6 heteroatoms. The Labute approximate surface area is 166 Å². The number of rotatable bonds is 5. The molecule has 1 fully saturated rings. The summed E-state index contributed by atoms with van der Waals surface area (Å²) in [6, 6.07) is 15.0. The lowest BCUT2D eigenvalue weighted by molar-refractivity contribution is -0.138. The molecule has 2 aromatic rings. The molecule has 0 spiro atoms. The highest BCUT2D eigenvalue weighted by Gasteiger charge is 2.13. The third kappa shape index (κ3) is 7.56. The second kappa shape index (κ2) is 10.7. The highest BCUT2D eigenvalue weighted by Crippen LogP contribution is 2.24. The van der Waals surface area contributed by atoms with Crippen LogP contribution in [0.5, 0.6) is 5.75 Å². The first-order valence-corrected chi connectivity index (χ1v) is 9.42. The van der Waals surface area contributed by atoms with Crippen molar-refractivity contribution in [3.05, 3.63) is 59.9 Å². The molecule has 28 heavy (non-hydrogen) atoms. The number of hydrogen-bond acceptors (Lipinski definition) is 5. The minimum absolute atomic E-state index is 0.303. The van der Waals surface area contributed by atoms with Crippen LogP contribution in [0.3, 0.4) is 0 Å². The average Bonchev–Trinajstić information content (AvgIpc) is 2.68. The number of anilines is 1. The van der Waals surface area contributed by atoms with Gasteiger partial charge in [0.1, 0.15) is 12.2 Å². The van der Waals surface area contributed by atoms with Gasteiger partial charge in [0.05, 0.1) is 0 Å². The van der Waals surface area contributed by atoms with Crippen LogP contribution in [-0.2, 0) is 16.1 Å². The molecule has 0 bridgehead atoms. The summed E-state index contributed by atoms with van der Waals surface area (Å²) in [5, 5.41) is 3.29. The summed E-state index contributed by atoms with van der Waals surface area (Å²) in [5.41, 5.74) is 1.63. The lowest BCUT2D eigenvalue weighted by Crippen LogP contribution is -2.43. The molecule has 0 aliphatic carbocycles. The molecule has 0 radical (unpaired) electrons. The van der Waals surface area contributed by atoms with Gasteiger partial charge in [0.15, 0.2) is 11.6 Å². The number of nitrogens with zero attached hydrogens (tertiary/aromatic N) is 1. The number of halogens is 1. The lowest BCUT2D eigenvalue weighted by Gasteiger charge is -2.29. The Bertz CT molecular complexity index is 726. The van der Waals surface area contributed by atoms with Gasteiger partial charge in [-0.1, -0.05) is 30.3 Å². The molecule has 1 heterocycles. The van der Waals surface area contributed by atoms with Gasteiger partial charge in [0.2, 0.25) is 0 Å². The van der Waals surface area contributed by atoms with Crippen LogP contribution in [-0.4, -0.2) is 38.3 Å². The molecular formula is C22H29FN2O3. The largest absolute Gasteiger partial charge is 0.486 e. The van der Waals surface area contributed by atoms with Gasteiger partial charge in [0.25, 0.3) is 6.47 Å². The molecule has 1 N–H and O–H groups in total. The van der Waals surface area contributed by atoms with E-state index < -0.39 is 0 Å². The number of nitrogens with one attached hydrogen (secondary N) is 1. The average molecular weight is 388 g/mol. The van der Waals surface area contributed by atoms with Crippen LogP contribution >= 0.6 is 0 Å². The Balaban J connectivity index is 0.000000345. The number of hydrogen-bond donors (Lipinski definition) is 1. The van der Waals surface area contributed by atoms with Crippen molar-refractivity contribution < 1.29 is 18.7 Å². The summed E-state index contributed by atoms with van der Waals surface area (Å²) in [6.07, 6.45) is 0. The Morgan fingerprint density at radius 3 is 2.32 bits per heavy atom. The predicted molar refractivity (Wildman–Crippen MR) is 109 cm³/mol. The lowest BCUT2D eigenvalue weighted by atomic mass is 10.2. The SMILES string of the molecule is CC(C)(C)OC=O.Fc1cc(N2CCNCC2)ccc1OCc1ccccc1. The van der Waals surface area contributed by atoms with E-state index in [1.807, 2.05) is 57.2 Å². The summed E-state index contributed by atoms with van der Waals surface area (Å²) < 4.78 is 24.2. The van der Waals surface area contributed by atoms with E-state index in [1.165, 1.54) is 0 Å². The summed E-state index contributed by atoms with van der Waals surface area (Å²) in [6.45, 7) is 9.99. The molecule has 1 aliphatic heterocycles. The smallest absolute Gasteiger partial charge is 0.293 e.